The van der Waals surface area contributed by atoms with Crippen LogP contribution in [-0.2, 0) is 38.6 Å². The minimum Gasteiger partial charge on any atom is -0.490 e. The van der Waals surface area contributed by atoms with Crippen LogP contribution in [0, 0.1) is 11.8 Å². The zero-order valence-corrected chi connectivity index (χ0v) is 29.0. The molecule has 2 aliphatic rings. The lowest BCUT2D eigenvalue weighted by Gasteiger charge is -2.48. The van der Waals surface area contributed by atoms with Crippen LogP contribution in [-0.4, -0.2) is 100 Å². The summed E-state index contributed by atoms with van der Waals surface area (Å²) in [5.74, 6) is 0.522. The number of piperidine rings is 1. The Morgan fingerprint density at radius 3 is 2.45 bits per heavy atom. The number of anilines is 1. The van der Waals surface area contributed by atoms with E-state index in [4.69, 9.17) is 23.7 Å². The molecule has 1 saturated heterocycles. The van der Waals surface area contributed by atoms with E-state index in [1.807, 2.05) is 42.5 Å². The van der Waals surface area contributed by atoms with Crippen molar-refractivity contribution in [2.24, 2.45) is 11.8 Å². The van der Waals surface area contributed by atoms with E-state index in [1.165, 1.54) is 4.90 Å². The van der Waals surface area contributed by atoms with E-state index in [-0.39, 0.29) is 25.0 Å². The van der Waals surface area contributed by atoms with Gasteiger partial charge in [0.2, 0.25) is 0 Å². The van der Waals surface area contributed by atoms with Crippen LogP contribution in [0.15, 0.2) is 72.8 Å². The number of hydrogen-bond acceptors (Lipinski definition) is 8. The zero-order valence-electron chi connectivity index (χ0n) is 29.0. The Labute approximate surface area is 290 Å². The molecule has 5 rings (SSSR count). The average Bonchev–Trinajstić information content (AvgIpc) is 3.11. The van der Waals surface area contributed by atoms with Crippen LogP contribution in [0.1, 0.15) is 41.5 Å². The van der Waals surface area contributed by atoms with Crippen LogP contribution in [0.2, 0.25) is 0 Å². The van der Waals surface area contributed by atoms with Crippen molar-refractivity contribution >= 4 is 11.8 Å². The summed E-state index contributed by atoms with van der Waals surface area (Å²) in [6.45, 7) is 7.11. The molecule has 0 aromatic heterocycles. The molecule has 266 valence electrons. The van der Waals surface area contributed by atoms with Gasteiger partial charge in [-0.3, -0.25) is 0 Å². The van der Waals surface area contributed by atoms with Gasteiger partial charge >= 0.3 is 6.09 Å². The highest BCUT2D eigenvalue weighted by molar-refractivity contribution is 5.66. The van der Waals surface area contributed by atoms with Crippen LogP contribution < -0.4 is 9.64 Å². The zero-order chi connectivity index (χ0) is 34.6. The van der Waals surface area contributed by atoms with Crippen molar-refractivity contribution in [3.8, 4) is 5.75 Å². The second-order valence-electron chi connectivity index (χ2n) is 13.2. The van der Waals surface area contributed by atoms with Crippen molar-refractivity contribution in [3.05, 3.63) is 95.1 Å². The van der Waals surface area contributed by atoms with Crippen LogP contribution in [0.5, 0.6) is 5.75 Å². The molecule has 3 aromatic rings. The number of likely N-dealkylation sites (tertiary alicyclic amines) is 1. The van der Waals surface area contributed by atoms with Gasteiger partial charge in [0.1, 0.15) is 12.4 Å². The Morgan fingerprint density at radius 1 is 0.959 bits per heavy atom. The Balaban J connectivity index is 1.39. The van der Waals surface area contributed by atoms with Gasteiger partial charge in [-0.2, -0.15) is 0 Å². The van der Waals surface area contributed by atoms with Gasteiger partial charge in [-0.05, 0) is 47.2 Å². The molecular weight excluding hydrogens is 624 g/mol. The summed E-state index contributed by atoms with van der Waals surface area (Å²) >= 11 is 0. The van der Waals surface area contributed by atoms with Gasteiger partial charge in [0.25, 0.3) is 0 Å². The number of methoxy groups -OCH3 is 2. The lowest BCUT2D eigenvalue weighted by Crippen LogP contribution is -2.58. The van der Waals surface area contributed by atoms with E-state index in [0.29, 0.717) is 52.0 Å². The van der Waals surface area contributed by atoms with E-state index in [9.17, 15) is 15.0 Å². The predicted molar refractivity (Wildman–Crippen MR) is 188 cm³/mol. The summed E-state index contributed by atoms with van der Waals surface area (Å²) in [6, 6.07) is 23.8. The first-order valence-electron chi connectivity index (χ1n) is 17.3. The summed E-state index contributed by atoms with van der Waals surface area (Å²) in [5.41, 5.74) is 5.08. The van der Waals surface area contributed by atoms with Gasteiger partial charge < -0.3 is 43.7 Å². The van der Waals surface area contributed by atoms with Gasteiger partial charge in [-0.25, -0.2) is 4.79 Å². The standard InChI is InChI=1S/C39H52N2O8/c1-28(24-46-3)25-47-26-30-10-13-32(14-11-30)38-33(23-42)34(20-29-8-5-4-6-9-29)41(39(43)44)22-37(38)49-27-31-12-15-36-35(21-31)40(17-19-48-36)16-7-18-45-2/h4-6,8-15,21,28,33-34,37-38,42H,7,16-20,22-27H2,1-3H3,(H,43,44)/t28-,33+,34?,37-,38-/m0/s1. The highest BCUT2D eigenvalue weighted by Gasteiger charge is 2.46. The lowest BCUT2D eigenvalue weighted by molar-refractivity contribution is -0.0710. The van der Waals surface area contributed by atoms with Crippen molar-refractivity contribution < 1.29 is 38.7 Å². The summed E-state index contributed by atoms with van der Waals surface area (Å²) in [7, 11) is 3.41. The van der Waals surface area contributed by atoms with Gasteiger partial charge in [-0.15, -0.1) is 0 Å². The minimum absolute atomic E-state index is 0.180. The molecule has 0 aliphatic carbocycles. The Hall–Kier alpha value is -3.67. The fourth-order valence-electron chi connectivity index (χ4n) is 7.17. The second-order valence-corrected chi connectivity index (χ2v) is 13.2. The number of ether oxygens (including phenoxy) is 5. The summed E-state index contributed by atoms with van der Waals surface area (Å²) in [5, 5.41) is 21.4. The molecule has 2 heterocycles. The molecular formula is C39H52N2O8. The van der Waals surface area contributed by atoms with E-state index >= 15 is 0 Å². The summed E-state index contributed by atoms with van der Waals surface area (Å²) in [6.07, 6.45) is -0.0889. The fourth-order valence-corrected chi connectivity index (χ4v) is 7.17. The summed E-state index contributed by atoms with van der Waals surface area (Å²) < 4.78 is 29.0. The molecule has 0 bridgehead atoms. The first-order valence-corrected chi connectivity index (χ1v) is 17.3. The van der Waals surface area contributed by atoms with Crippen LogP contribution >= 0.6 is 0 Å². The molecule has 1 unspecified atom stereocenters. The topological polar surface area (TPSA) is 110 Å². The number of amides is 1. The molecule has 0 saturated carbocycles. The molecule has 0 radical (unpaired) electrons. The Morgan fingerprint density at radius 2 is 1.73 bits per heavy atom. The number of carboxylic acid groups (broad SMARTS) is 1. The third kappa shape index (κ3) is 9.73. The van der Waals surface area contributed by atoms with Crippen molar-refractivity contribution in [2.75, 3.05) is 71.8 Å². The van der Waals surface area contributed by atoms with Gasteiger partial charge in [0.15, 0.2) is 0 Å². The number of fused-ring (bicyclic) bond motifs is 1. The lowest BCUT2D eigenvalue weighted by atomic mass is 9.72. The number of hydrogen-bond donors (Lipinski definition) is 2. The first-order chi connectivity index (χ1) is 23.9. The van der Waals surface area contributed by atoms with E-state index in [0.717, 1.165) is 53.2 Å². The van der Waals surface area contributed by atoms with Crippen molar-refractivity contribution in [1.29, 1.82) is 0 Å². The van der Waals surface area contributed by atoms with Gasteiger partial charge in [0, 0.05) is 57.8 Å². The van der Waals surface area contributed by atoms with Crippen LogP contribution in [0.3, 0.4) is 0 Å². The number of aliphatic hydroxyl groups is 1. The molecule has 2 N–H and O–H groups in total. The molecule has 2 aliphatic heterocycles. The van der Waals surface area contributed by atoms with Crippen molar-refractivity contribution in [2.45, 2.75) is 51.0 Å². The summed E-state index contributed by atoms with van der Waals surface area (Å²) in [4.78, 5) is 16.5. The molecule has 3 aromatic carbocycles. The number of benzene rings is 3. The Kier molecular flexibility index (Phi) is 13.7. The fraction of sp³-hybridized carbons (Fsp3) is 0.513. The van der Waals surface area contributed by atoms with E-state index < -0.39 is 18.2 Å². The minimum atomic E-state index is -1.01. The largest absolute Gasteiger partial charge is 0.490 e. The number of aliphatic hydroxyl groups excluding tert-OH is 1. The molecule has 10 heteroatoms. The number of rotatable bonds is 17. The average molecular weight is 677 g/mol. The third-order valence-corrected chi connectivity index (χ3v) is 9.59. The SMILES string of the molecule is COCCCN1CCOc2ccc(CO[C@H]3CN(C(=O)O)C(Cc4ccccc4)[C@@H](CO)[C@@H]3c3ccc(COC[C@@H](C)COC)cc3)cc21. The van der Waals surface area contributed by atoms with Crippen LogP contribution in [0.4, 0.5) is 10.5 Å². The Bertz CT molecular complexity index is 1440. The maximum absolute atomic E-state index is 12.8. The van der Waals surface area contributed by atoms with E-state index in [2.05, 4.69) is 42.2 Å². The molecule has 10 nitrogen and oxygen atoms in total. The van der Waals surface area contributed by atoms with Gasteiger partial charge in [0.05, 0.1) is 51.3 Å². The maximum Gasteiger partial charge on any atom is 0.407 e. The van der Waals surface area contributed by atoms with Gasteiger partial charge in [-0.1, -0.05) is 67.6 Å². The maximum atomic E-state index is 12.8. The highest BCUT2D eigenvalue weighted by Crippen LogP contribution is 2.41. The molecule has 5 atom stereocenters. The molecule has 0 spiro atoms. The number of carbonyl (C=O) groups is 1. The van der Waals surface area contributed by atoms with E-state index in [1.54, 1.807) is 14.2 Å². The number of nitrogens with zero attached hydrogens (tertiary/aromatic N) is 2. The van der Waals surface area contributed by atoms with Crippen molar-refractivity contribution in [1.82, 2.24) is 4.90 Å². The van der Waals surface area contributed by atoms with Crippen LogP contribution in [0.25, 0.3) is 0 Å². The highest BCUT2D eigenvalue weighted by atomic mass is 16.5. The second kappa shape index (κ2) is 18.4. The quantitative estimate of drug-likeness (QED) is 0.177. The molecule has 1 amide bonds. The monoisotopic (exact) mass is 676 g/mol. The first kappa shape index (κ1) is 36.6. The van der Waals surface area contributed by atoms with Crippen molar-refractivity contribution in [3.63, 3.8) is 0 Å². The molecule has 49 heavy (non-hydrogen) atoms. The smallest absolute Gasteiger partial charge is 0.407 e. The normalized spacial score (nSPS) is 21.2. The third-order valence-electron chi connectivity index (χ3n) is 9.59. The predicted octanol–water partition coefficient (Wildman–Crippen LogP) is 5.60. The molecule has 1 fully saturated rings.